The molecule has 10 nitrogen and oxygen atoms in total. The first-order chi connectivity index (χ1) is 16.8. The van der Waals surface area contributed by atoms with Gasteiger partial charge < -0.3 is 19.4 Å². The number of ether oxygens (including phenoxy) is 1. The molecule has 176 valence electrons. The number of nitro groups is 1. The molecule has 0 fully saturated rings. The van der Waals surface area contributed by atoms with Gasteiger partial charge in [-0.15, -0.1) is 0 Å². The molecular weight excluding hydrogens is 474 g/mol. The number of ketones is 1. The molecule has 0 bridgehead atoms. The molecule has 11 heteroatoms. The zero-order valence-electron chi connectivity index (χ0n) is 18.4. The number of carbonyl (C=O) groups is 1. The fourth-order valence-corrected chi connectivity index (χ4v) is 4.79. The molecule has 2 aromatic carbocycles. The van der Waals surface area contributed by atoms with Gasteiger partial charge in [0.15, 0.2) is 16.6 Å². The molecule has 5 aromatic rings. The topological polar surface area (TPSA) is 141 Å². The summed E-state index contributed by atoms with van der Waals surface area (Å²) in [6.07, 6.45) is 0. The van der Waals surface area contributed by atoms with Crippen molar-refractivity contribution in [2.75, 3.05) is 7.11 Å². The number of aromatic nitrogens is 2. The summed E-state index contributed by atoms with van der Waals surface area (Å²) in [4.78, 5) is 28.8. The van der Waals surface area contributed by atoms with Gasteiger partial charge in [-0.3, -0.25) is 19.5 Å². The van der Waals surface area contributed by atoms with Crippen molar-refractivity contribution in [3.63, 3.8) is 0 Å². The van der Waals surface area contributed by atoms with E-state index in [-0.39, 0.29) is 33.4 Å². The van der Waals surface area contributed by atoms with Crippen LogP contribution in [0.5, 0.6) is 17.4 Å². The summed E-state index contributed by atoms with van der Waals surface area (Å²) in [6.45, 7) is 1.66. The summed E-state index contributed by atoms with van der Waals surface area (Å²) >= 11 is 1.18. The number of thiazole rings is 1. The SMILES string of the molecule is COc1ccc2nc(-n3c(O)c(O)c(C(=O)c4ccc(C)o4)c3-c3cccc([N+](=O)[O-])c3)sc2c1. The van der Waals surface area contributed by atoms with Gasteiger partial charge in [0.1, 0.15) is 11.5 Å². The van der Waals surface area contributed by atoms with Gasteiger partial charge in [0, 0.05) is 17.7 Å². The molecule has 0 aliphatic rings. The molecule has 35 heavy (non-hydrogen) atoms. The number of aromatic hydroxyl groups is 2. The predicted octanol–water partition coefficient (Wildman–Crippen LogP) is 5.21. The van der Waals surface area contributed by atoms with Crippen molar-refractivity contribution < 1.29 is 29.1 Å². The lowest BCUT2D eigenvalue weighted by molar-refractivity contribution is -0.384. The lowest BCUT2D eigenvalue weighted by Gasteiger charge is -2.09. The number of furan rings is 1. The van der Waals surface area contributed by atoms with Gasteiger partial charge in [-0.1, -0.05) is 23.5 Å². The Hall–Kier alpha value is -4.64. The minimum absolute atomic E-state index is 0.0359. The fraction of sp³-hybridized carbons (Fsp3) is 0.0833. The molecule has 0 unspecified atom stereocenters. The van der Waals surface area contributed by atoms with Gasteiger partial charge >= 0.3 is 0 Å². The second kappa shape index (κ2) is 8.29. The van der Waals surface area contributed by atoms with Crippen LogP contribution in [0.1, 0.15) is 21.9 Å². The van der Waals surface area contributed by atoms with Crippen molar-refractivity contribution in [1.82, 2.24) is 9.55 Å². The Kier molecular flexibility index (Phi) is 5.25. The van der Waals surface area contributed by atoms with Gasteiger partial charge in [0.05, 0.1) is 33.5 Å². The number of nitro benzene ring substituents is 1. The summed E-state index contributed by atoms with van der Waals surface area (Å²) in [5.74, 6) is -1.00. The first-order valence-electron chi connectivity index (χ1n) is 10.3. The zero-order chi connectivity index (χ0) is 24.9. The van der Waals surface area contributed by atoms with E-state index in [9.17, 15) is 25.1 Å². The van der Waals surface area contributed by atoms with E-state index >= 15 is 0 Å². The Bertz CT molecular complexity index is 1630. The van der Waals surface area contributed by atoms with Crippen LogP contribution >= 0.6 is 11.3 Å². The summed E-state index contributed by atoms with van der Waals surface area (Å²) in [5.41, 5.74) is 0.356. The minimum Gasteiger partial charge on any atom is -0.503 e. The number of rotatable bonds is 6. The first-order valence-corrected chi connectivity index (χ1v) is 11.1. The van der Waals surface area contributed by atoms with Crippen molar-refractivity contribution in [2.45, 2.75) is 6.92 Å². The number of nitrogens with zero attached hydrogens (tertiary/aromatic N) is 3. The summed E-state index contributed by atoms with van der Waals surface area (Å²) in [5, 5.41) is 33.5. The zero-order valence-corrected chi connectivity index (χ0v) is 19.2. The van der Waals surface area contributed by atoms with Crippen molar-refractivity contribution in [3.05, 3.63) is 81.8 Å². The number of benzene rings is 2. The fourth-order valence-electron chi connectivity index (χ4n) is 3.78. The monoisotopic (exact) mass is 491 g/mol. The standard InChI is InChI=1S/C24H17N3O7S/c1-12-6-9-17(34-12)21(28)19-20(13-4-3-5-14(10-13)27(31)32)26(23(30)22(19)29)24-25-16-8-7-15(33-2)11-18(16)35-24/h3-11,29-30H,1-2H3. The van der Waals surface area contributed by atoms with E-state index in [1.165, 1.54) is 53.3 Å². The van der Waals surface area contributed by atoms with Crippen molar-refractivity contribution in [2.24, 2.45) is 0 Å². The smallest absolute Gasteiger partial charge is 0.270 e. The van der Waals surface area contributed by atoms with Gasteiger partial charge in [0.25, 0.3) is 5.69 Å². The largest absolute Gasteiger partial charge is 0.503 e. The maximum atomic E-state index is 13.4. The molecular formula is C24H17N3O7S. The Morgan fingerprint density at radius 2 is 1.97 bits per heavy atom. The number of methoxy groups -OCH3 is 1. The van der Waals surface area contributed by atoms with E-state index in [1.807, 2.05) is 0 Å². The normalized spacial score (nSPS) is 11.1. The van der Waals surface area contributed by atoms with Crippen molar-refractivity contribution in [3.8, 4) is 33.8 Å². The van der Waals surface area contributed by atoms with E-state index in [1.54, 1.807) is 31.2 Å². The Morgan fingerprint density at radius 3 is 2.66 bits per heavy atom. The second-order valence-electron chi connectivity index (χ2n) is 7.61. The van der Waals surface area contributed by atoms with Crippen LogP contribution in [-0.2, 0) is 0 Å². The molecule has 0 aliphatic carbocycles. The Morgan fingerprint density at radius 1 is 1.17 bits per heavy atom. The average Bonchev–Trinajstić information content (AvgIpc) is 3.54. The highest BCUT2D eigenvalue weighted by molar-refractivity contribution is 7.20. The number of fused-ring (bicyclic) bond motifs is 1. The van der Waals surface area contributed by atoms with Crippen LogP contribution in [0.15, 0.2) is 59.0 Å². The van der Waals surface area contributed by atoms with Gasteiger partial charge in [-0.2, -0.15) is 0 Å². The third-order valence-electron chi connectivity index (χ3n) is 5.42. The highest BCUT2D eigenvalue weighted by Gasteiger charge is 2.32. The van der Waals surface area contributed by atoms with E-state index in [0.29, 0.717) is 17.0 Å². The number of hydrogen-bond acceptors (Lipinski definition) is 9. The van der Waals surface area contributed by atoms with Crippen LogP contribution in [0.4, 0.5) is 5.69 Å². The molecule has 0 saturated carbocycles. The molecule has 5 rings (SSSR count). The van der Waals surface area contributed by atoms with Gasteiger partial charge in [-0.25, -0.2) is 4.98 Å². The summed E-state index contributed by atoms with van der Waals surface area (Å²) < 4.78 is 12.6. The molecule has 2 N–H and O–H groups in total. The van der Waals surface area contributed by atoms with Crippen LogP contribution in [-0.4, -0.2) is 37.6 Å². The first kappa shape index (κ1) is 22.2. The molecule has 0 aliphatic heterocycles. The van der Waals surface area contributed by atoms with E-state index < -0.39 is 22.3 Å². The quantitative estimate of drug-likeness (QED) is 0.187. The van der Waals surface area contributed by atoms with Crippen LogP contribution in [0.2, 0.25) is 0 Å². The molecule has 3 heterocycles. The maximum absolute atomic E-state index is 13.4. The third kappa shape index (κ3) is 3.67. The molecule has 0 spiro atoms. The summed E-state index contributed by atoms with van der Waals surface area (Å²) in [6, 6.07) is 13.8. The van der Waals surface area contributed by atoms with Crippen LogP contribution < -0.4 is 4.74 Å². The highest BCUT2D eigenvalue weighted by atomic mass is 32.1. The lowest BCUT2D eigenvalue weighted by atomic mass is 10.0. The van der Waals surface area contributed by atoms with E-state index in [4.69, 9.17) is 9.15 Å². The van der Waals surface area contributed by atoms with E-state index in [0.717, 1.165) is 4.70 Å². The van der Waals surface area contributed by atoms with Gasteiger partial charge in [0.2, 0.25) is 11.7 Å². The number of carbonyl (C=O) groups excluding carboxylic acids is 1. The second-order valence-corrected chi connectivity index (χ2v) is 8.62. The lowest BCUT2D eigenvalue weighted by Crippen LogP contribution is -2.04. The number of non-ortho nitro benzene ring substituents is 1. The van der Waals surface area contributed by atoms with Crippen molar-refractivity contribution >= 4 is 33.0 Å². The highest BCUT2D eigenvalue weighted by Crippen LogP contribution is 2.46. The van der Waals surface area contributed by atoms with Crippen LogP contribution in [0, 0.1) is 17.0 Å². The maximum Gasteiger partial charge on any atom is 0.270 e. The third-order valence-corrected chi connectivity index (χ3v) is 6.42. The molecule has 3 aromatic heterocycles. The van der Waals surface area contributed by atoms with Crippen molar-refractivity contribution in [1.29, 1.82) is 0 Å². The molecule has 0 saturated heterocycles. The molecule has 0 radical (unpaired) electrons. The van der Waals surface area contributed by atoms with Crippen LogP contribution in [0.25, 0.3) is 26.6 Å². The predicted molar refractivity (Wildman–Crippen MR) is 128 cm³/mol. The van der Waals surface area contributed by atoms with Crippen LogP contribution in [0.3, 0.4) is 0 Å². The van der Waals surface area contributed by atoms with Gasteiger partial charge in [-0.05, 0) is 37.3 Å². The number of aryl methyl sites for hydroxylation is 1. The van der Waals surface area contributed by atoms with E-state index in [2.05, 4.69) is 4.98 Å². The molecule has 0 atom stereocenters. The summed E-state index contributed by atoms with van der Waals surface area (Å²) in [7, 11) is 1.54. The average molecular weight is 491 g/mol. The minimum atomic E-state index is -0.700. The molecule has 0 amide bonds. The Balaban J connectivity index is 1.81. The number of hydrogen-bond donors (Lipinski definition) is 2. The Labute approximate surface area is 201 Å².